The van der Waals surface area contributed by atoms with Crippen LogP contribution in [0.4, 0.5) is 0 Å². The molecule has 6 heteroatoms. The molecule has 0 saturated heterocycles. The number of aliphatic carboxylic acids is 1. The molecular weight excluding hydrogens is 220 g/mol. The number of nitrogens with zero attached hydrogens (tertiary/aromatic N) is 2. The zero-order valence-corrected chi connectivity index (χ0v) is 9.42. The molecule has 0 radical (unpaired) electrons. The highest BCUT2D eigenvalue weighted by molar-refractivity contribution is 5.97. The van der Waals surface area contributed by atoms with Crippen molar-refractivity contribution in [2.45, 2.75) is 13.3 Å². The maximum Gasteiger partial charge on any atom is 0.307 e. The van der Waals surface area contributed by atoms with Gasteiger partial charge in [-0.05, 0) is 12.5 Å². The molecule has 0 aromatic heterocycles. The Labute approximate surface area is 98.7 Å². The molecule has 0 amide bonds. The number of carboxylic acids is 1. The first-order chi connectivity index (χ1) is 7.99. The van der Waals surface area contributed by atoms with E-state index in [0.29, 0.717) is 17.0 Å². The van der Waals surface area contributed by atoms with Gasteiger partial charge in [-0.15, -0.1) is 10.2 Å². The molecule has 0 spiro atoms. The normalized spacial score (nSPS) is 12.5. The average molecular weight is 234 g/mol. The van der Waals surface area contributed by atoms with Crippen LogP contribution in [0.2, 0.25) is 0 Å². The molecule has 0 heterocycles. The van der Waals surface area contributed by atoms with Crippen molar-refractivity contribution in [2.75, 3.05) is 0 Å². The van der Waals surface area contributed by atoms with Crippen molar-refractivity contribution in [3.63, 3.8) is 0 Å². The van der Waals surface area contributed by atoms with Crippen LogP contribution in [0.15, 0.2) is 34.5 Å². The summed E-state index contributed by atoms with van der Waals surface area (Å²) in [5.74, 6) is -0.324. The van der Waals surface area contributed by atoms with E-state index in [1.807, 2.05) is 0 Å². The fraction of sp³-hybridized carbons (Fsp3) is 0.182. The van der Waals surface area contributed by atoms with Gasteiger partial charge in [-0.25, -0.2) is 0 Å². The third-order valence-corrected chi connectivity index (χ3v) is 1.92. The van der Waals surface area contributed by atoms with Crippen LogP contribution in [-0.4, -0.2) is 22.7 Å². The Morgan fingerprint density at radius 3 is 2.29 bits per heavy atom. The molecule has 0 aliphatic heterocycles. The molecule has 1 aromatic rings. The third-order valence-electron chi connectivity index (χ3n) is 1.92. The van der Waals surface area contributed by atoms with Gasteiger partial charge in [-0.1, -0.05) is 24.3 Å². The first-order valence-corrected chi connectivity index (χ1v) is 4.93. The maximum atomic E-state index is 10.5. The van der Waals surface area contributed by atoms with Gasteiger partial charge in [0.15, 0.2) is 5.84 Å². The minimum Gasteiger partial charge on any atom is -0.481 e. The highest BCUT2D eigenvalue weighted by Crippen LogP contribution is 2.05. The zero-order chi connectivity index (χ0) is 12.8. The van der Waals surface area contributed by atoms with Gasteiger partial charge in [0.2, 0.25) is 0 Å². The van der Waals surface area contributed by atoms with Gasteiger partial charge in [-0.2, -0.15) is 0 Å². The van der Waals surface area contributed by atoms with Crippen molar-refractivity contribution in [2.24, 2.45) is 21.7 Å². The standard InChI is InChI=1S/C11H14N4O2/c1-7(12)14-15-11(13)9-4-2-8(3-5-9)6-10(16)17/h2-5H,6H2,1H3,(H2,12,14)(H2,13,15)(H,16,17). The van der Waals surface area contributed by atoms with Crippen LogP contribution < -0.4 is 11.5 Å². The van der Waals surface area contributed by atoms with Crippen LogP contribution in [0.5, 0.6) is 0 Å². The highest BCUT2D eigenvalue weighted by atomic mass is 16.4. The van der Waals surface area contributed by atoms with E-state index in [9.17, 15) is 4.79 Å². The predicted molar refractivity (Wildman–Crippen MR) is 65.8 cm³/mol. The van der Waals surface area contributed by atoms with Gasteiger partial charge >= 0.3 is 5.97 Å². The van der Waals surface area contributed by atoms with Crippen molar-refractivity contribution in [3.8, 4) is 0 Å². The minimum absolute atomic E-state index is 0.0165. The quantitative estimate of drug-likeness (QED) is 0.395. The van der Waals surface area contributed by atoms with E-state index >= 15 is 0 Å². The number of rotatable bonds is 4. The lowest BCUT2D eigenvalue weighted by atomic mass is 10.1. The number of nitrogens with two attached hydrogens (primary N) is 2. The fourth-order valence-corrected chi connectivity index (χ4v) is 1.16. The largest absolute Gasteiger partial charge is 0.481 e. The lowest BCUT2D eigenvalue weighted by Gasteiger charge is -2.01. The maximum absolute atomic E-state index is 10.5. The van der Waals surface area contributed by atoms with Gasteiger partial charge in [0.25, 0.3) is 0 Å². The van der Waals surface area contributed by atoms with Crippen LogP contribution in [0.25, 0.3) is 0 Å². The topological polar surface area (TPSA) is 114 Å². The van der Waals surface area contributed by atoms with Crippen LogP contribution in [0, 0.1) is 0 Å². The second-order valence-corrected chi connectivity index (χ2v) is 3.49. The molecule has 0 unspecified atom stereocenters. The van der Waals surface area contributed by atoms with Crippen LogP contribution >= 0.6 is 0 Å². The smallest absolute Gasteiger partial charge is 0.307 e. The number of hydrogen-bond acceptors (Lipinski definition) is 3. The third kappa shape index (κ3) is 4.33. The van der Waals surface area contributed by atoms with E-state index in [-0.39, 0.29) is 12.3 Å². The first kappa shape index (κ1) is 12.7. The minimum atomic E-state index is -0.872. The summed E-state index contributed by atoms with van der Waals surface area (Å²) in [6.45, 7) is 1.60. The molecule has 0 atom stereocenters. The molecule has 90 valence electrons. The van der Waals surface area contributed by atoms with Gasteiger partial charge in [0, 0.05) is 5.56 Å². The number of amidine groups is 2. The molecule has 1 aromatic carbocycles. The average Bonchev–Trinajstić information content (AvgIpc) is 2.26. The van der Waals surface area contributed by atoms with Crippen molar-refractivity contribution < 1.29 is 9.90 Å². The van der Waals surface area contributed by atoms with Crippen LogP contribution in [-0.2, 0) is 11.2 Å². The Morgan fingerprint density at radius 2 is 1.82 bits per heavy atom. The van der Waals surface area contributed by atoms with Crippen LogP contribution in [0.3, 0.4) is 0 Å². The number of carboxylic acid groups (broad SMARTS) is 1. The summed E-state index contributed by atoms with van der Waals surface area (Å²) in [6, 6.07) is 6.76. The van der Waals surface area contributed by atoms with Crippen molar-refractivity contribution in [1.29, 1.82) is 0 Å². The Hall–Kier alpha value is -2.37. The van der Waals surface area contributed by atoms with Gasteiger partial charge in [0.05, 0.1) is 6.42 Å². The summed E-state index contributed by atoms with van der Waals surface area (Å²) in [5.41, 5.74) is 12.4. The molecular formula is C11H14N4O2. The molecule has 0 fully saturated rings. The molecule has 1 rings (SSSR count). The van der Waals surface area contributed by atoms with Crippen molar-refractivity contribution in [1.82, 2.24) is 0 Å². The number of benzene rings is 1. The Balaban J connectivity index is 2.84. The zero-order valence-electron chi connectivity index (χ0n) is 9.42. The van der Waals surface area contributed by atoms with E-state index in [4.69, 9.17) is 16.6 Å². The number of carbonyl (C=O) groups is 1. The first-order valence-electron chi connectivity index (χ1n) is 4.93. The van der Waals surface area contributed by atoms with E-state index < -0.39 is 5.97 Å². The fourth-order valence-electron chi connectivity index (χ4n) is 1.16. The van der Waals surface area contributed by atoms with E-state index in [0.717, 1.165) is 0 Å². The van der Waals surface area contributed by atoms with E-state index in [2.05, 4.69) is 10.2 Å². The van der Waals surface area contributed by atoms with Crippen molar-refractivity contribution in [3.05, 3.63) is 35.4 Å². The molecule has 0 aliphatic carbocycles. The monoisotopic (exact) mass is 234 g/mol. The molecule has 0 aliphatic rings. The predicted octanol–water partition coefficient (Wildman–Crippen LogP) is 0.311. The van der Waals surface area contributed by atoms with Crippen LogP contribution in [0.1, 0.15) is 18.1 Å². The van der Waals surface area contributed by atoms with E-state index in [1.165, 1.54) is 0 Å². The van der Waals surface area contributed by atoms with Gasteiger partial charge in [-0.3, -0.25) is 4.79 Å². The van der Waals surface area contributed by atoms with Crippen molar-refractivity contribution >= 4 is 17.6 Å². The van der Waals surface area contributed by atoms with Gasteiger partial charge in [0.1, 0.15) is 5.84 Å². The summed E-state index contributed by atoms with van der Waals surface area (Å²) >= 11 is 0. The summed E-state index contributed by atoms with van der Waals surface area (Å²) in [5, 5.41) is 16.0. The molecule has 17 heavy (non-hydrogen) atoms. The lowest BCUT2D eigenvalue weighted by Crippen LogP contribution is -2.14. The second kappa shape index (κ2) is 5.64. The van der Waals surface area contributed by atoms with Gasteiger partial charge < -0.3 is 16.6 Å². The number of hydrogen-bond donors (Lipinski definition) is 3. The Morgan fingerprint density at radius 1 is 1.24 bits per heavy atom. The molecule has 0 saturated carbocycles. The SMILES string of the molecule is C/C(N)=N/N=C(\N)c1ccc(CC(=O)O)cc1. The highest BCUT2D eigenvalue weighted by Gasteiger charge is 2.02. The molecule has 5 N–H and O–H groups in total. The van der Waals surface area contributed by atoms with E-state index in [1.54, 1.807) is 31.2 Å². The summed E-state index contributed by atoms with van der Waals surface area (Å²) in [7, 11) is 0. The Bertz CT molecular complexity index is 459. The summed E-state index contributed by atoms with van der Waals surface area (Å²) in [6.07, 6.45) is -0.0165. The summed E-state index contributed by atoms with van der Waals surface area (Å²) < 4.78 is 0. The Kier molecular flexibility index (Phi) is 4.21. The molecule has 0 bridgehead atoms. The second-order valence-electron chi connectivity index (χ2n) is 3.49. The lowest BCUT2D eigenvalue weighted by molar-refractivity contribution is -0.136. The summed E-state index contributed by atoms with van der Waals surface area (Å²) in [4.78, 5) is 10.5. The molecule has 6 nitrogen and oxygen atoms in total.